The van der Waals surface area contributed by atoms with E-state index in [0.29, 0.717) is 0 Å². The smallest absolute Gasteiger partial charge is 0.0604 e. The highest BCUT2D eigenvalue weighted by atomic mass is 32.2. The molecule has 0 aliphatic rings. The van der Waals surface area contributed by atoms with Gasteiger partial charge >= 0.3 is 0 Å². The maximum absolute atomic E-state index is 8.98. The van der Waals surface area contributed by atoms with E-state index >= 15 is 0 Å². The molecule has 1 heterocycles. The third-order valence-electron chi connectivity index (χ3n) is 1.25. The van der Waals surface area contributed by atoms with E-state index in [9.17, 15) is 0 Å². The van der Waals surface area contributed by atoms with E-state index in [1.165, 1.54) is 4.21 Å². The maximum Gasteiger partial charge on any atom is 0.0604 e. The molecule has 1 aromatic heterocycles. The molecule has 0 aliphatic carbocycles. The quantitative estimate of drug-likeness (QED) is 0.736. The first-order chi connectivity index (χ1) is 5.14. The summed E-state index contributed by atoms with van der Waals surface area (Å²) in [6, 6.07) is 4.10. The largest absolute Gasteiger partial charge is 0.395 e. The lowest BCUT2D eigenvalue weighted by molar-refractivity contribution is 0.265. The number of thioether (sulfide) groups is 1. The molecule has 1 N–H and O–H groups in total. The Labute approximate surface area is 75.4 Å². The van der Waals surface area contributed by atoms with Gasteiger partial charge in [0.2, 0.25) is 0 Å². The molecule has 0 saturated carbocycles. The fourth-order valence-electron chi connectivity index (χ4n) is 0.626. The number of hydrogen-bond donors (Lipinski definition) is 1. The number of aliphatic hydroxyl groups is 1. The minimum atomic E-state index is -0.0507. The van der Waals surface area contributed by atoms with Crippen LogP contribution in [0.1, 0.15) is 13.8 Å². The molecular formula is C8H12OS2. The first-order valence-electron chi connectivity index (χ1n) is 3.47. The molecule has 1 rings (SSSR count). The Bertz CT molecular complexity index is 204. The van der Waals surface area contributed by atoms with Gasteiger partial charge in [-0.05, 0) is 25.3 Å². The fourth-order valence-corrected chi connectivity index (χ4v) is 2.87. The highest BCUT2D eigenvalue weighted by molar-refractivity contribution is 8.02. The summed E-state index contributed by atoms with van der Waals surface area (Å²) < 4.78 is 1.22. The van der Waals surface area contributed by atoms with Crippen LogP contribution in [-0.2, 0) is 0 Å². The van der Waals surface area contributed by atoms with Crippen LogP contribution in [0, 0.1) is 0 Å². The van der Waals surface area contributed by atoms with Crippen LogP contribution < -0.4 is 0 Å². The molecule has 0 atom stereocenters. The molecule has 0 amide bonds. The van der Waals surface area contributed by atoms with Gasteiger partial charge in [0.1, 0.15) is 0 Å². The van der Waals surface area contributed by atoms with Crippen LogP contribution in [0.25, 0.3) is 0 Å². The molecule has 0 aliphatic heterocycles. The molecule has 1 nitrogen and oxygen atoms in total. The Morgan fingerprint density at radius 2 is 2.36 bits per heavy atom. The molecule has 0 unspecified atom stereocenters. The van der Waals surface area contributed by atoms with Crippen LogP contribution in [-0.4, -0.2) is 16.5 Å². The Balaban J connectivity index is 2.56. The van der Waals surface area contributed by atoms with Crippen molar-refractivity contribution in [1.82, 2.24) is 0 Å². The van der Waals surface area contributed by atoms with Crippen LogP contribution in [0.15, 0.2) is 21.7 Å². The second kappa shape index (κ2) is 3.61. The van der Waals surface area contributed by atoms with Gasteiger partial charge in [-0.25, -0.2) is 0 Å². The van der Waals surface area contributed by atoms with E-state index < -0.39 is 0 Å². The highest BCUT2D eigenvalue weighted by Crippen LogP contribution is 2.34. The Kier molecular flexibility index (Phi) is 2.98. The summed E-state index contributed by atoms with van der Waals surface area (Å²) in [6.07, 6.45) is 0. The first-order valence-corrected chi connectivity index (χ1v) is 5.17. The van der Waals surface area contributed by atoms with Crippen LogP contribution in [0.5, 0.6) is 0 Å². The van der Waals surface area contributed by atoms with Crippen molar-refractivity contribution in [3.8, 4) is 0 Å². The number of rotatable bonds is 3. The van der Waals surface area contributed by atoms with Crippen LogP contribution in [0.3, 0.4) is 0 Å². The van der Waals surface area contributed by atoms with E-state index in [1.54, 1.807) is 23.1 Å². The molecule has 1 aromatic rings. The third-order valence-corrected chi connectivity index (χ3v) is 3.47. The minimum Gasteiger partial charge on any atom is -0.395 e. The standard InChI is InChI=1S/C8H12OS2/c1-8(2,6-9)11-7-4-3-5-10-7/h3-5,9H,6H2,1-2H3. The van der Waals surface area contributed by atoms with Crippen molar-refractivity contribution < 1.29 is 5.11 Å². The zero-order valence-corrected chi connectivity index (χ0v) is 8.34. The Morgan fingerprint density at radius 1 is 1.64 bits per heavy atom. The van der Waals surface area contributed by atoms with Gasteiger partial charge in [-0.15, -0.1) is 23.1 Å². The second-order valence-corrected chi connectivity index (χ2v) is 5.91. The van der Waals surface area contributed by atoms with E-state index in [-0.39, 0.29) is 11.4 Å². The van der Waals surface area contributed by atoms with Gasteiger partial charge in [0.25, 0.3) is 0 Å². The molecule has 62 valence electrons. The van der Waals surface area contributed by atoms with E-state index in [2.05, 4.69) is 11.4 Å². The molecule has 0 bridgehead atoms. The van der Waals surface area contributed by atoms with Gasteiger partial charge in [0.05, 0.1) is 10.8 Å². The zero-order chi connectivity index (χ0) is 8.32. The number of thiophene rings is 1. The lowest BCUT2D eigenvalue weighted by Gasteiger charge is -2.19. The van der Waals surface area contributed by atoms with E-state index in [4.69, 9.17) is 5.11 Å². The minimum absolute atomic E-state index is 0.0507. The summed E-state index contributed by atoms with van der Waals surface area (Å²) in [6.45, 7) is 4.30. The molecule has 0 fully saturated rings. The van der Waals surface area contributed by atoms with E-state index in [1.807, 2.05) is 19.9 Å². The first kappa shape index (κ1) is 9.10. The normalized spacial score (nSPS) is 11.9. The van der Waals surface area contributed by atoms with Crippen molar-refractivity contribution in [2.45, 2.75) is 22.8 Å². The molecule has 3 heteroatoms. The predicted molar refractivity (Wildman–Crippen MR) is 51.3 cm³/mol. The summed E-state index contributed by atoms with van der Waals surface area (Å²) >= 11 is 3.44. The van der Waals surface area contributed by atoms with Crippen molar-refractivity contribution in [2.75, 3.05) is 6.61 Å². The topological polar surface area (TPSA) is 20.2 Å². The predicted octanol–water partition coefficient (Wildman–Crippen LogP) is 2.61. The Hall–Kier alpha value is 0.01000. The molecule has 11 heavy (non-hydrogen) atoms. The van der Waals surface area contributed by atoms with Gasteiger partial charge in [0.15, 0.2) is 0 Å². The lowest BCUT2D eigenvalue weighted by atomic mass is 10.2. The molecule has 0 aromatic carbocycles. The van der Waals surface area contributed by atoms with E-state index in [0.717, 1.165) is 0 Å². The lowest BCUT2D eigenvalue weighted by Crippen LogP contribution is -2.19. The SMILES string of the molecule is CC(C)(CO)Sc1cccs1. The van der Waals surface area contributed by atoms with Crippen molar-refractivity contribution in [1.29, 1.82) is 0 Å². The summed E-state index contributed by atoms with van der Waals surface area (Å²) in [4.78, 5) is 0. The van der Waals surface area contributed by atoms with Crippen molar-refractivity contribution in [2.24, 2.45) is 0 Å². The van der Waals surface area contributed by atoms with Gasteiger partial charge in [-0.1, -0.05) is 6.07 Å². The average molecular weight is 188 g/mol. The highest BCUT2D eigenvalue weighted by Gasteiger charge is 2.17. The summed E-state index contributed by atoms with van der Waals surface area (Å²) in [7, 11) is 0. The number of aliphatic hydroxyl groups excluding tert-OH is 1. The van der Waals surface area contributed by atoms with Gasteiger partial charge in [-0.3, -0.25) is 0 Å². The van der Waals surface area contributed by atoms with Crippen LogP contribution >= 0.6 is 23.1 Å². The summed E-state index contributed by atoms with van der Waals surface area (Å²) in [5, 5.41) is 11.0. The molecule has 0 radical (unpaired) electrons. The molecular weight excluding hydrogens is 176 g/mol. The third kappa shape index (κ3) is 2.85. The second-order valence-electron chi connectivity index (χ2n) is 2.95. The maximum atomic E-state index is 8.98. The Morgan fingerprint density at radius 3 is 2.82 bits per heavy atom. The number of hydrogen-bond acceptors (Lipinski definition) is 3. The zero-order valence-electron chi connectivity index (χ0n) is 6.70. The van der Waals surface area contributed by atoms with Crippen LogP contribution in [0.4, 0.5) is 0 Å². The summed E-state index contributed by atoms with van der Waals surface area (Å²) in [5.41, 5.74) is 0. The van der Waals surface area contributed by atoms with Crippen molar-refractivity contribution in [3.05, 3.63) is 17.5 Å². The monoisotopic (exact) mass is 188 g/mol. The molecule has 0 saturated heterocycles. The van der Waals surface area contributed by atoms with Gasteiger partial charge in [-0.2, -0.15) is 0 Å². The van der Waals surface area contributed by atoms with Gasteiger partial charge in [0, 0.05) is 4.75 Å². The van der Waals surface area contributed by atoms with Gasteiger partial charge < -0.3 is 5.11 Å². The fraction of sp³-hybridized carbons (Fsp3) is 0.500. The molecule has 0 spiro atoms. The van der Waals surface area contributed by atoms with Crippen LogP contribution in [0.2, 0.25) is 0 Å². The summed E-state index contributed by atoms with van der Waals surface area (Å²) in [5.74, 6) is 0. The van der Waals surface area contributed by atoms with Crippen molar-refractivity contribution in [3.63, 3.8) is 0 Å². The average Bonchev–Trinajstić information content (AvgIpc) is 2.39. The van der Waals surface area contributed by atoms with Crippen molar-refractivity contribution >= 4 is 23.1 Å².